The zero-order chi connectivity index (χ0) is 17.8. The zero-order valence-corrected chi connectivity index (χ0v) is 14.7. The number of rotatable bonds is 5. The highest BCUT2D eigenvalue weighted by Crippen LogP contribution is 2.19. The maximum Gasteiger partial charge on any atom is 0.246 e. The van der Waals surface area contributed by atoms with Crippen molar-refractivity contribution in [3.63, 3.8) is 0 Å². The fourth-order valence-electron chi connectivity index (χ4n) is 2.71. The van der Waals surface area contributed by atoms with Crippen LogP contribution in [0.3, 0.4) is 0 Å². The third-order valence-corrected chi connectivity index (χ3v) is 4.14. The summed E-state index contributed by atoms with van der Waals surface area (Å²) in [4.78, 5) is 16.5. The lowest BCUT2D eigenvalue weighted by molar-refractivity contribution is -0.120. The number of nitrogens with one attached hydrogen (secondary N) is 1. The fraction of sp³-hybridized carbons (Fsp3) is 0.250. The minimum absolute atomic E-state index is 0.0670. The maximum atomic E-state index is 12.2. The summed E-state index contributed by atoms with van der Waals surface area (Å²) in [6.45, 7) is 6.28. The van der Waals surface area contributed by atoms with Gasteiger partial charge in [0.15, 0.2) is 0 Å². The van der Waals surface area contributed by atoms with Crippen molar-refractivity contribution in [1.82, 2.24) is 15.5 Å². The molecule has 128 valence electrons. The second-order valence-corrected chi connectivity index (χ2v) is 6.21. The Morgan fingerprint density at radius 3 is 2.64 bits per heavy atom. The van der Waals surface area contributed by atoms with E-state index in [0.29, 0.717) is 18.1 Å². The van der Waals surface area contributed by atoms with E-state index in [9.17, 15) is 4.79 Å². The minimum Gasteiger partial charge on any atom is -0.347 e. The Bertz CT molecular complexity index is 899. The van der Waals surface area contributed by atoms with Gasteiger partial charge >= 0.3 is 0 Å². The molecule has 0 saturated carbocycles. The van der Waals surface area contributed by atoms with Crippen LogP contribution >= 0.6 is 0 Å². The van der Waals surface area contributed by atoms with Crippen LogP contribution in [0.4, 0.5) is 0 Å². The molecule has 5 nitrogen and oxygen atoms in total. The van der Waals surface area contributed by atoms with Gasteiger partial charge in [-0.05, 0) is 37.5 Å². The highest BCUT2D eigenvalue weighted by Gasteiger charge is 2.12. The molecule has 2 aromatic carbocycles. The second kappa shape index (κ2) is 7.30. The zero-order valence-electron chi connectivity index (χ0n) is 14.7. The number of nitrogens with zero attached hydrogens (tertiary/aromatic N) is 2. The molecule has 0 spiro atoms. The van der Waals surface area contributed by atoms with Gasteiger partial charge in [0.05, 0.1) is 13.0 Å². The quantitative estimate of drug-likeness (QED) is 0.774. The normalized spacial score (nSPS) is 10.7. The number of aromatic nitrogens is 2. The molecule has 0 aliphatic heterocycles. The summed E-state index contributed by atoms with van der Waals surface area (Å²) in [6.07, 6.45) is 0.338. The molecule has 0 radical (unpaired) electrons. The lowest BCUT2D eigenvalue weighted by atomic mass is 10.0. The van der Waals surface area contributed by atoms with Crippen LogP contribution in [-0.4, -0.2) is 16.0 Å². The third-order valence-electron chi connectivity index (χ3n) is 4.14. The van der Waals surface area contributed by atoms with Gasteiger partial charge in [0, 0.05) is 5.56 Å². The Morgan fingerprint density at radius 1 is 1.08 bits per heavy atom. The molecule has 3 rings (SSSR count). The van der Waals surface area contributed by atoms with Crippen molar-refractivity contribution in [3.8, 4) is 11.4 Å². The number of carbonyl (C=O) groups is 1. The molecule has 1 aromatic heterocycles. The van der Waals surface area contributed by atoms with Gasteiger partial charge < -0.3 is 9.84 Å². The molecule has 1 amide bonds. The van der Waals surface area contributed by atoms with E-state index >= 15 is 0 Å². The third kappa shape index (κ3) is 4.12. The van der Waals surface area contributed by atoms with Crippen molar-refractivity contribution >= 4 is 5.91 Å². The molecular formula is C20H21N3O2. The lowest BCUT2D eigenvalue weighted by Gasteiger charge is -2.07. The van der Waals surface area contributed by atoms with Gasteiger partial charge in [-0.1, -0.05) is 53.2 Å². The van der Waals surface area contributed by atoms with Gasteiger partial charge in [0.1, 0.15) is 0 Å². The summed E-state index contributed by atoms with van der Waals surface area (Å²) in [7, 11) is 0. The Kier molecular flexibility index (Phi) is 4.93. The van der Waals surface area contributed by atoms with Crippen molar-refractivity contribution in [1.29, 1.82) is 0 Å². The van der Waals surface area contributed by atoms with Crippen LogP contribution in [0.15, 0.2) is 47.0 Å². The molecular weight excluding hydrogens is 314 g/mol. The van der Waals surface area contributed by atoms with E-state index in [-0.39, 0.29) is 12.5 Å². The molecule has 0 bridgehead atoms. The van der Waals surface area contributed by atoms with Crippen LogP contribution in [0.5, 0.6) is 0 Å². The van der Waals surface area contributed by atoms with Crippen LogP contribution in [0.1, 0.15) is 28.1 Å². The number of hydrogen-bond acceptors (Lipinski definition) is 4. The molecule has 3 aromatic rings. The van der Waals surface area contributed by atoms with Gasteiger partial charge in [-0.3, -0.25) is 4.79 Å². The average Bonchev–Trinajstić information content (AvgIpc) is 3.05. The van der Waals surface area contributed by atoms with E-state index in [1.807, 2.05) is 57.2 Å². The topological polar surface area (TPSA) is 68.0 Å². The molecule has 0 atom stereocenters. The monoisotopic (exact) mass is 335 g/mol. The fourth-order valence-corrected chi connectivity index (χ4v) is 2.71. The van der Waals surface area contributed by atoms with Crippen molar-refractivity contribution in [2.45, 2.75) is 33.7 Å². The molecule has 25 heavy (non-hydrogen) atoms. The summed E-state index contributed by atoms with van der Waals surface area (Å²) in [5, 5.41) is 6.83. The van der Waals surface area contributed by atoms with Crippen LogP contribution in [0, 0.1) is 20.8 Å². The highest BCUT2D eigenvalue weighted by atomic mass is 16.5. The first-order valence-electron chi connectivity index (χ1n) is 8.24. The van der Waals surface area contributed by atoms with Gasteiger partial charge in [0.25, 0.3) is 0 Å². The van der Waals surface area contributed by atoms with E-state index in [0.717, 1.165) is 22.3 Å². The highest BCUT2D eigenvalue weighted by molar-refractivity contribution is 5.78. The lowest BCUT2D eigenvalue weighted by Crippen LogP contribution is -2.25. The summed E-state index contributed by atoms with van der Waals surface area (Å²) >= 11 is 0. The molecule has 0 aliphatic rings. The Hall–Kier alpha value is -2.95. The molecule has 5 heteroatoms. The van der Waals surface area contributed by atoms with Crippen molar-refractivity contribution in [2.24, 2.45) is 0 Å². The van der Waals surface area contributed by atoms with Gasteiger partial charge in [-0.15, -0.1) is 0 Å². The summed E-state index contributed by atoms with van der Waals surface area (Å²) in [6, 6.07) is 13.9. The maximum absolute atomic E-state index is 12.2. The van der Waals surface area contributed by atoms with E-state index in [1.54, 1.807) is 0 Å². The number of aryl methyl sites for hydroxylation is 3. The van der Waals surface area contributed by atoms with Crippen molar-refractivity contribution in [3.05, 3.63) is 70.6 Å². The second-order valence-electron chi connectivity index (χ2n) is 6.21. The Balaban J connectivity index is 1.60. The standard InChI is InChI=1S/C20H21N3O2/c1-13-8-9-16(15(3)10-13)11-18(24)21-12-19-22-20(23-25-19)17-7-5-4-6-14(17)2/h4-10H,11-12H2,1-3H3,(H,21,24). The molecule has 0 aliphatic carbocycles. The number of amides is 1. The molecule has 1 N–H and O–H groups in total. The van der Waals surface area contributed by atoms with E-state index in [2.05, 4.69) is 21.5 Å². The Labute approximate surface area is 147 Å². The van der Waals surface area contributed by atoms with Crippen LogP contribution in [-0.2, 0) is 17.8 Å². The smallest absolute Gasteiger partial charge is 0.246 e. The molecule has 0 saturated heterocycles. The van der Waals surface area contributed by atoms with Crippen molar-refractivity contribution in [2.75, 3.05) is 0 Å². The molecule has 1 heterocycles. The molecule has 0 unspecified atom stereocenters. The van der Waals surface area contributed by atoms with Gasteiger partial charge in [-0.2, -0.15) is 4.98 Å². The number of benzene rings is 2. The number of carbonyl (C=O) groups excluding carboxylic acids is 1. The summed E-state index contributed by atoms with van der Waals surface area (Å²) in [5.41, 5.74) is 5.34. The van der Waals surface area contributed by atoms with Crippen LogP contribution in [0.25, 0.3) is 11.4 Å². The minimum atomic E-state index is -0.0670. The van der Waals surface area contributed by atoms with Crippen LogP contribution in [0.2, 0.25) is 0 Å². The first-order chi connectivity index (χ1) is 12.0. The largest absolute Gasteiger partial charge is 0.347 e. The summed E-state index contributed by atoms with van der Waals surface area (Å²) < 4.78 is 5.24. The van der Waals surface area contributed by atoms with E-state index in [1.165, 1.54) is 5.56 Å². The van der Waals surface area contributed by atoms with Gasteiger partial charge in [0.2, 0.25) is 17.6 Å². The first-order valence-corrected chi connectivity index (χ1v) is 8.24. The average molecular weight is 335 g/mol. The Morgan fingerprint density at radius 2 is 1.88 bits per heavy atom. The predicted molar refractivity (Wildman–Crippen MR) is 95.9 cm³/mol. The SMILES string of the molecule is Cc1ccc(CC(=O)NCc2nc(-c3ccccc3C)no2)c(C)c1. The van der Waals surface area contributed by atoms with E-state index < -0.39 is 0 Å². The predicted octanol–water partition coefficient (Wildman–Crippen LogP) is 3.52. The van der Waals surface area contributed by atoms with Gasteiger partial charge in [-0.25, -0.2) is 0 Å². The van der Waals surface area contributed by atoms with E-state index in [4.69, 9.17) is 4.52 Å². The van der Waals surface area contributed by atoms with Crippen LogP contribution < -0.4 is 5.32 Å². The molecule has 0 fully saturated rings. The summed E-state index contributed by atoms with van der Waals surface area (Å²) in [5.74, 6) is 0.867. The van der Waals surface area contributed by atoms with Crippen molar-refractivity contribution < 1.29 is 9.32 Å². The number of hydrogen-bond donors (Lipinski definition) is 1. The first kappa shape index (κ1) is 16.9.